The van der Waals surface area contributed by atoms with Crippen LogP contribution < -0.4 is 15.0 Å². The van der Waals surface area contributed by atoms with Crippen LogP contribution in [0.5, 0.6) is 5.75 Å². The number of imide groups is 1. The maximum absolute atomic E-state index is 12.8. The Bertz CT molecular complexity index is 988. The van der Waals surface area contributed by atoms with Gasteiger partial charge in [0.05, 0.1) is 28.7 Å². The van der Waals surface area contributed by atoms with Crippen LogP contribution in [-0.4, -0.2) is 30.9 Å². The van der Waals surface area contributed by atoms with E-state index in [9.17, 15) is 27.6 Å². The van der Waals surface area contributed by atoms with Gasteiger partial charge in [-0.15, -0.1) is 0 Å². The van der Waals surface area contributed by atoms with Gasteiger partial charge in [-0.05, 0) is 61.5 Å². The molecule has 0 spiro atoms. The number of rotatable bonds is 7. The lowest BCUT2D eigenvalue weighted by Gasteiger charge is -2.15. The minimum absolute atomic E-state index is 0.0379. The summed E-state index contributed by atoms with van der Waals surface area (Å²) in [6.45, 7) is 4.89. The van der Waals surface area contributed by atoms with Crippen molar-refractivity contribution >= 4 is 23.5 Å². The molecule has 1 heterocycles. The number of hydrogen-bond donors (Lipinski definition) is 1. The van der Waals surface area contributed by atoms with Crippen LogP contribution in [0.3, 0.4) is 0 Å². The monoisotopic (exact) mass is 448 g/mol. The fraction of sp³-hybridized carbons (Fsp3) is 0.348. The predicted molar refractivity (Wildman–Crippen MR) is 111 cm³/mol. The number of ether oxygens (including phenoxy) is 1. The molecule has 6 nitrogen and oxygen atoms in total. The highest BCUT2D eigenvalue weighted by Gasteiger charge is 2.46. The number of halogens is 3. The third-order valence-corrected chi connectivity index (χ3v) is 5.37. The van der Waals surface area contributed by atoms with Crippen LogP contribution in [0, 0.1) is 11.8 Å². The molecule has 1 aliphatic heterocycles. The summed E-state index contributed by atoms with van der Waals surface area (Å²) in [5, 5.41) is 3.12. The van der Waals surface area contributed by atoms with Crippen molar-refractivity contribution in [3.8, 4) is 5.75 Å². The Kier molecular flexibility index (Phi) is 6.98. The first-order valence-corrected chi connectivity index (χ1v) is 10.2. The number of hydrogen-bond acceptors (Lipinski definition) is 5. The smallest absolute Gasteiger partial charge is 0.416 e. The summed E-state index contributed by atoms with van der Waals surface area (Å²) in [6.07, 6.45) is -3.95. The van der Waals surface area contributed by atoms with Crippen molar-refractivity contribution in [2.45, 2.75) is 26.4 Å². The average Bonchev–Trinajstić information content (AvgIpc) is 3.01. The van der Waals surface area contributed by atoms with Crippen molar-refractivity contribution in [1.29, 1.82) is 0 Å². The molecule has 3 rings (SSSR count). The molecule has 32 heavy (non-hydrogen) atoms. The maximum Gasteiger partial charge on any atom is 0.416 e. The Morgan fingerprint density at radius 3 is 2.09 bits per heavy atom. The number of nitrogens with one attached hydrogen (secondary N) is 1. The summed E-state index contributed by atoms with van der Waals surface area (Å²) in [5.41, 5.74) is -0.535. The van der Waals surface area contributed by atoms with Gasteiger partial charge in [0.2, 0.25) is 11.8 Å². The minimum Gasteiger partial charge on any atom is -0.423 e. The lowest BCUT2D eigenvalue weighted by Crippen LogP contribution is -2.33. The fourth-order valence-corrected chi connectivity index (χ4v) is 3.65. The Hall–Kier alpha value is -3.20. The van der Waals surface area contributed by atoms with Crippen molar-refractivity contribution in [2.75, 3.05) is 18.0 Å². The van der Waals surface area contributed by atoms with Gasteiger partial charge in [-0.1, -0.05) is 13.8 Å². The summed E-state index contributed by atoms with van der Waals surface area (Å²) in [7, 11) is 0. The van der Waals surface area contributed by atoms with Gasteiger partial charge in [-0.2, -0.15) is 13.2 Å². The van der Waals surface area contributed by atoms with Gasteiger partial charge in [0.15, 0.2) is 0 Å². The van der Waals surface area contributed by atoms with E-state index in [4.69, 9.17) is 4.74 Å². The Balaban J connectivity index is 1.71. The largest absolute Gasteiger partial charge is 0.423 e. The number of carbonyl (C=O) groups is 3. The van der Waals surface area contributed by atoms with E-state index in [1.165, 1.54) is 24.3 Å². The molecule has 0 aromatic heterocycles. The third-order valence-electron chi connectivity index (χ3n) is 5.37. The van der Waals surface area contributed by atoms with Crippen molar-refractivity contribution in [3.05, 3.63) is 59.7 Å². The highest BCUT2D eigenvalue weighted by Crippen LogP contribution is 2.33. The van der Waals surface area contributed by atoms with Crippen molar-refractivity contribution in [1.82, 2.24) is 5.32 Å². The number of alkyl halides is 3. The highest BCUT2D eigenvalue weighted by atomic mass is 19.4. The zero-order valence-corrected chi connectivity index (χ0v) is 17.6. The maximum atomic E-state index is 12.8. The quantitative estimate of drug-likeness (QED) is 0.393. The molecule has 0 radical (unpaired) electrons. The lowest BCUT2D eigenvalue weighted by atomic mass is 9.92. The third kappa shape index (κ3) is 4.83. The van der Waals surface area contributed by atoms with Crippen LogP contribution in [0.25, 0.3) is 0 Å². The standard InChI is InChI=1S/C23H23F3N2O4/c1-3-18-19(13-27-4-2)21(30)28(20(18)29)16-9-11-17(12-10-16)32-22(31)14-5-7-15(8-6-14)23(24,25)26/h5-12,18-19,27H,3-4,13H2,1-2H3. The van der Waals surface area contributed by atoms with Gasteiger partial charge in [-0.25, -0.2) is 4.79 Å². The summed E-state index contributed by atoms with van der Waals surface area (Å²) in [5.74, 6) is -2.08. The molecule has 2 aromatic rings. The molecular formula is C23H23F3N2O4. The molecule has 2 amide bonds. The average molecular weight is 448 g/mol. The van der Waals surface area contributed by atoms with E-state index in [1.54, 1.807) is 0 Å². The van der Waals surface area contributed by atoms with Crippen molar-refractivity contribution in [3.63, 3.8) is 0 Å². The number of benzene rings is 2. The van der Waals surface area contributed by atoms with Gasteiger partial charge in [0.1, 0.15) is 5.75 Å². The van der Waals surface area contributed by atoms with Crippen LogP contribution in [0.1, 0.15) is 36.2 Å². The SMILES string of the molecule is CCNCC1C(=O)N(c2ccc(OC(=O)c3ccc(C(F)(F)F)cc3)cc2)C(=O)C1CC. The van der Waals surface area contributed by atoms with E-state index in [-0.39, 0.29) is 23.1 Å². The molecule has 1 N–H and O–H groups in total. The van der Waals surface area contributed by atoms with Gasteiger partial charge >= 0.3 is 12.1 Å². The van der Waals surface area contributed by atoms with E-state index in [1.807, 2.05) is 13.8 Å². The molecular weight excluding hydrogens is 425 g/mol. The molecule has 9 heteroatoms. The lowest BCUT2D eigenvalue weighted by molar-refractivity contribution is -0.137. The van der Waals surface area contributed by atoms with E-state index in [2.05, 4.69) is 5.32 Å². The molecule has 0 bridgehead atoms. The second kappa shape index (κ2) is 9.52. The number of carbonyl (C=O) groups excluding carboxylic acids is 3. The van der Waals surface area contributed by atoms with E-state index < -0.39 is 29.5 Å². The van der Waals surface area contributed by atoms with Crippen LogP contribution >= 0.6 is 0 Å². The number of amides is 2. The molecule has 1 fully saturated rings. The van der Waals surface area contributed by atoms with E-state index in [0.29, 0.717) is 25.2 Å². The van der Waals surface area contributed by atoms with Gasteiger partial charge in [0.25, 0.3) is 0 Å². The Morgan fingerprint density at radius 2 is 1.56 bits per heavy atom. The van der Waals surface area contributed by atoms with Gasteiger partial charge in [0, 0.05) is 6.54 Å². The zero-order chi connectivity index (χ0) is 23.5. The normalized spacial score (nSPS) is 18.8. The molecule has 2 atom stereocenters. The molecule has 1 aliphatic rings. The van der Waals surface area contributed by atoms with Crippen molar-refractivity contribution < 1.29 is 32.3 Å². The molecule has 2 aromatic carbocycles. The van der Waals surface area contributed by atoms with E-state index >= 15 is 0 Å². The van der Waals surface area contributed by atoms with Gasteiger partial charge < -0.3 is 10.1 Å². The molecule has 170 valence electrons. The zero-order valence-electron chi connectivity index (χ0n) is 17.6. The number of esters is 1. The first-order valence-electron chi connectivity index (χ1n) is 10.2. The highest BCUT2D eigenvalue weighted by molar-refractivity contribution is 6.22. The minimum atomic E-state index is -4.49. The van der Waals surface area contributed by atoms with Crippen LogP contribution in [0.2, 0.25) is 0 Å². The number of anilines is 1. The second-order valence-corrected chi connectivity index (χ2v) is 7.40. The summed E-state index contributed by atoms with van der Waals surface area (Å²) < 4.78 is 43.1. The van der Waals surface area contributed by atoms with Crippen LogP contribution in [0.15, 0.2) is 48.5 Å². The van der Waals surface area contributed by atoms with Crippen LogP contribution in [0.4, 0.5) is 18.9 Å². The van der Waals surface area contributed by atoms with Crippen molar-refractivity contribution in [2.24, 2.45) is 11.8 Å². The number of nitrogens with zero attached hydrogens (tertiary/aromatic N) is 1. The van der Waals surface area contributed by atoms with E-state index in [0.717, 1.165) is 29.2 Å². The Morgan fingerprint density at radius 1 is 0.969 bits per heavy atom. The molecule has 1 saturated heterocycles. The fourth-order valence-electron chi connectivity index (χ4n) is 3.65. The molecule has 0 aliphatic carbocycles. The Labute approximate surface area is 183 Å². The first-order chi connectivity index (χ1) is 15.2. The second-order valence-electron chi connectivity index (χ2n) is 7.40. The first kappa shape index (κ1) is 23.5. The molecule has 0 saturated carbocycles. The van der Waals surface area contributed by atoms with Crippen LogP contribution in [-0.2, 0) is 15.8 Å². The summed E-state index contributed by atoms with van der Waals surface area (Å²) >= 11 is 0. The predicted octanol–water partition coefficient (Wildman–Crippen LogP) is 4.05. The summed E-state index contributed by atoms with van der Waals surface area (Å²) in [4.78, 5) is 39.0. The summed E-state index contributed by atoms with van der Waals surface area (Å²) in [6, 6.07) is 9.53. The van der Waals surface area contributed by atoms with Gasteiger partial charge in [-0.3, -0.25) is 14.5 Å². The topological polar surface area (TPSA) is 75.7 Å². The molecule has 2 unspecified atom stereocenters.